The first kappa shape index (κ1) is 17.3. The molecule has 2 heterocycles. The maximum absolute atomic E-state index is 13.0. The normalized spacial score (nSPS) is 21.2. The molecule has 138 valence electrons. The van der Waals surface area contributed by atoms with Crippen LogP contribution in [0.1, 0.15) is 68.8 Å². The molecule has 2 aliphatic rings. The standard InChI is InChI=1S/C21H28N4O/c26-20(14-17-8-4-5-9-17)25-13-7-6-12-19(25)21-23-22-16-24(21)15-18-10-2-1-3-11-18/h1-3,10-11,16-17,19H,4-9,12-15H2/t19-/m1/s1. The molecule has 5 nitrogen and oxygen atoms in total. The highest BCUT2D eigenvalue weighted by Crippen LogP contribution is 2.33. The summed E-state index contributed by atoms with van der Waals surface area (Å²) in [5.41, 5.74) is 1.23. The molecule has 1 aliphatic heterocycles. The molecule has 1 saturated heterocycles. The number of aromatic nitrogens is 3. The lowest BCUT2D eigenvalue weighted by Gasteiger charge is -2.36. The van der Waals surface area contributed by atoms with Crippen molar-refractivity contribution < 1.29 is 4.79 Å². The average Bonchev–Trinajstić information content (AvgIpc) is 3.34. The number of rotatable bonds is 5. The van der Waals surface area contributed by atoms with Gasteiger partial charge in [-0.1, -0.05) is 43.2 Å². The van der Waals surface area contributed by atoms with Crippen LogP contribution in [-0.4, -0.2) is 32.1 Å². The fourth-order valence-electron chi connectivity index (χ4n) is 4.50. The second kappa shape index (κ2) is 8.02. The van der Waals surface area contributed by atoms with E-state index in [1.54, 1.807) is 6.33 Å². The molecular formula is C21H28N4O. The predicted molar refractivity (Wildman–Crippen MR) is 100 cm³/mol. The van der Waals surface area contributed by atoms with Gasteiger partial charge in [-0.2, -0.15) is 0 Å². The zero-order chi connectivity index (χ0) is 17.8. The van der Waals surface area contributed by atoms with Crippen molar-refractivity contribution in [3.63, 3.8) is 0 Å². The summed E-state index contributed by atoms with van der Waals surface area (Å²) in [4.78, 5) is 15.1. The van der Waals surface area contributed by atoms with Gasteiger partial charge in [-0.25, -0.2) is 0 Å². The maximum Gasteiger partial charge on any atom is 0.223 e. The van der Waals surface area contributed by atoms with Crippen molar-refractivity contribution in [3.05, 3.63) is 48.0 Å². The molecule has 0 radical (unpaired) electrons. The Kier molecular flexibility index (Phi) is 5.32. The van der Waals surface area contributed by atoms with Gasteiger partial charge in [0.1, 0.15) is 6.33 Å². The highest BCUT2D eigenvalue weighted by Gasteiger charge is 2.32. The molecule has 0 spiro atoms. The van der Waals surface area contributed by atoms with Crippen molar-refractivity contribution in [2.45, 2.75) is 64.0 Å². The van der Waals surface area contributed by atoms with E-state index in [1.165, 1.54) is 31.2 Å². The van der Waals surface area contributed by atoms with E-state index in [0.29, 0.717) is 18.2 Å². The van der Waals surface area contributed by atoms with Crippen molar-refractivity contribution >= 4 is 5.91 Å². The Labute approximate surface area is 155 Å². The molecule has 0 unspecified atom stereocenters. The molecule has 2 aromatic rings. The largest absolute Gasteiger partial charge is 0.332 e. The molecule has 1 saturated carbocycles. The van der Waals surface area contributed by atoms with Crippen LogP contribution in [-0.2, 0) is 11.3 Å². The first-order valence-corrected chi connectivity index (χ1v) is 10.0. The second-order valence-corrected chi connectivity index (χ2v) is 7.76. The molecule has 0 N–H and O–H groups in total. The minimum Gasteiger partial charge on any atom is -0.332 e. The van der Waals surface area contributed by atoms with E-state index in [1.807, 2.05) is 6.07 Å². The maximum atomic E-state index is 13.0. The van der Waals surface area contributed by atoms with Gasteiger partial charge in [-0.15, -0.1) is 10.2 Å². The van der Waals surface area contributed by atoms with Gasteiger partial charge >= 0.3 is 0 Å². The smallest absolute Gasteiger partial charge is 0.223 e. The summed E-state index contributed by atoms with van der Waals surface area (Å²) in [7, 11) is 0. The van der Waals surface area contributed by atoms with E-state index in [9.17, 15) is 4.79 Å². The summed E-state index contributed by atoms with van der Waals surface area (Å²) in [5, 5.41) is 8.59. The Morgan fingerprint density at radius 1 is 1.04 bits per heavy atom. The van der Waals surface area contributed by atoms with Gasteiger partial charge < -0.3 is 9.47 Å². The molecule has 2 fully saturated rings. The Morgan fingerprint density at radius 2 is 1.81 bits per heavy atom. The molecule has 26 heavy (non-hydrogen) atoms. The number of likely N-dealkylation sites (tertiary alicyclic amines) is 1. The summed E-state index contributed by atoms with van der Waals surface area (Å²) >= 11 is 0. The predicted octanol–water partition coefficient (Wildman–Crippen LogP) is 3.96. The van der Waals surface area contributed by atoms with E-state index >= 15 is 0 Å². The third kappa shape index (κ3) is 3.81. The summed E-state index contributed by atoms with van der Waals surface area (Å²) < 4.78 is 2.11. The summed E-state index contributed by atoms with van der Waals surface area (Å²) in [6.45, 7) is 1.61. The minimum atomic E-state index is 0.0730. The van der Waals surface area contributed by atoms with Gasteiger partial charge in [0.25, 0.3) is 0 Å². The highest BCUT2D eigenvalue weighted by atomic mass is 16.2. The van der Waals surface area contributed by atoms with Crippen LogP contribution in [0.3, 0.4) is 0 Å². The van der Waals surface area contributed by atoms with Gasteiger partial charge in [-0.05, 0) is 43.6 Å². The number of piperidine rings is 1. The highest BCUT2D eigenvalue weighted by molar-refractivity contribution is 5.77. The van der Waals surface area contributed by atoms with Crippen LogP contribution < -0.4 is 0 Å². The zero-order valence-corrected chi connectivity index (χ0v) is 15.4. The molecule has 1 aromatic heterocycles. The fourth-order valence-corrected chi connectivity index (χ4v) is 4.50. The summed E-state index contributed by atoms with van der Waals surface area (Å²) in [6.07, 6.45) is 10.8. The molecule has 5 heteroatoms. The molecule has 0 bridgehead atoms. The van der Waals surface area contributed by atoms with E-state index < -0.39 is 0 Å². The van der Waals surface area contributed by atoms with Crippen LogP contribution >= 0.6 is 0 Å². The second-order valence-electron chi connectivity index (χ2n) is 7.76. The lowest BCUT2D eigenvalue weighted by Crippen LogP contribution is -2.40. The molecule has 1 amide bonds. The summed E-state index contributed by atoms with van der Waals surface area (Å²) in [6, 6.07) is 10.4. The molecule has 4 rings (SSSR count). The number of nitrogens with zero attached hydrogens (tertiary/aromatic N) is 4. The van der Waals surface area contributed by atoms with Crippen LogP contribution in [0.5, 0.6) is 0 Å². The van der Waals surface area contributed by atoms with Crippen LogP contribution in [0, 0.1) is 5.92 Å². The van der Waals surface area contributed by atoms with Crippen LogP contribution in [0.15, 0.2) is 36.7 Å². The number of hydrogen-bond donors (Lipinski definition) is 0. The van der Waals surface area contributed by atoms with Crippen LogP contribution in [0.2, 0.25) is 0 Å². The SMILES string of the molecule is O=C(CC1CCCC1)N1CCCC[C@@H]1c1nncn1Cc1ccccc1. The van der Waals surface area contributed by atoms with Gasteiger partial charge in [0.15, 0.2) is 5.82 Å². The third-order valence-corrected chi connectivity index (χ3v) is 5.90. The Hall–Kier alpha value is -2.17. The van der Waals surface area contributed by atoms with E-state index in [-0.39, 0.29) is 6.04 Å². The number of carbonyl (C=O) groups is 1. The first-order chi connectivity index (χ1) is 12.8. The zero-order valence-electron chi connectivity index (χ0n) is 15.4. The minimum absolute atomic E-state index is 0.0730. The summed E-state index contributed by atoms with van der Waals surface area (Å²) in [5.74, 6) is 1.84. The van der Waals surface area contributed by atoms with Gasteiger partial charge in [0, 0.05) is 13.0 Å². The fraction of sp³-hybridized carbons (Fsp3) is 0.571. The Balaban J connectivity index is 1.51. The molecule has 1 atom stereocenters. The number of amides is 1. The number of carbonyl (C=O) groups excluding carboxylic acids is 1. The van der Waals surface area contributed by atoms with Crippen molar-refractivity contribution in [1.29, 1.82) is 0 Å². The molecular weight excluding hydrogens is 324 g/mol. The number of benzene rings is 1. The topological polar surface area (TPSA) is 51.0 Å². The van der Waals surface area contributed by atoms with Gasteiger partial charge in [-0.3, -0.25) is 4.79 Å². The van der Waals surface area contributed by atoms with E-state index in [4.69, 9.17) is 0 Å². The van der Waals surface area contributed by atoms with Crippen molar-refractivity contribution in [3.8, 4) is 0 Å². The van der Waals surface area contributed by atoms with Gasteiger partial charge in [0.2, 0.25) is 5.91 Å². The monoisotopic (exact) mass is 352 g/mol. The average molecular weight is 352 g/mol. The first-order valence-electron chi connectivity index (χ1n) is 10.0. The van der Waals surface area contributed by atoms with Crippen molar-refractivity contribution in [2.24, 2.45) is 5.92 Å². The lowest BCUT2D eigenvalue weighted by molar-refractivity contribution is -0.136. The van der Waals surface area contributed by atoms with Crippen molar-refractivity contribution in [2.75, 3.05) is 6.54 Å². The van der Waals surface area contributed by atoms with Crippen LogP contribution in [0.4, 0.5) is 0 Å². The van der Waals surface area contributed by atoms with Crippen molar-refractivity contribution in [1.82, 2.24) is 19.7 Å². The number of hydrogen-bond acceptors (Lipinski definition) is 3. The Morgan fingerprint density at radius 3 is 2.62 bits per heavy atom. The van der Waals surface area contributed by atoms with Gasteiger partial charge in [0.05, 0.1) is 12.6 Å². The molecule has 1 aliphatic carbocycles. The van der Waals surface area contributed by atoms with Crippen LogP contribution in [0.25, 0.3) is 0 Å². The molecule has 1 aromatic carbocycles. The van der Waals surface area contributed by atoms with E-state index in [2.05, 4.69) is 43.9 Å². The third-order valence-electron chi connectivity index (χ3n) is 5.90. The van der Waals surface area contributed by atoms with E-state index in [0.717, 1.165) is 38.2 Å². The lowest BCUT2D eigenvalue weighted by atomic mass is 9.97. The quantitative estimate of drug-likeness (QED) is 0.818. The Bertz CT molecular complexity index is 721.